The minimum Gasteiger partial charge on any atom is -0.480 e. The number of nitrogens with zero attached hydrogens (tertiary/aromatic N) is 3. The number of carboxylic acid groups (broad SMARTS) is 1. The van der Waals surface area contributed by atoms with Crippen molar-refractivity contribution < 1.29 is 19.4 Å². The van der Waals surface area contributed by atoms with Gasteiger partial charge in [0, 0.05) is 0 Å². The predicted molar refractivity (Wildman–Crippen MR) is 99.1 cm³/mol. The summed E-state index contributed by atoms with van der Waals surface area (Å²) in [7, 11) is 0. The normalized spacial score (nSPS) is 12.1. The topological polar surface area (TPSA) is 165 Å². The summed E-state index contributed by atoms with van der Waals surface area (Å²) in [6.45, 7) is 3.35. The summed E-state index contributed by atoms with van der Waals surface area (Å²) in [5, 5.41) is 19.4. The number of hydrogen-bond donors (Lipinski definition) is 4. The van der Waals surface area contributed by atoms with Crippen LogP contribution < -0.4 is 21.5 Å². The highest BCUT2D eigenvalue weighted by Gasteiger charge is 2.24. The molecule has 6 N–H and O–H groups in total. The molecule has 1 atom stereocenters. The monoisotopic (exact) mass is 372 g/mol. The number of nitrogen functional groups attached to an aromatic ring is 2. The first-order valence-electron chi connectivity index (χ1n) is 8.02. The largest absolute Gasteiger partial charge is 0.480 e. The number of carboxylic acids is 1. The van der Waals surface area contributed by atoms with Crippen LogP contribution in [0.2, 0.25) is 0 Å². The maximum atomic E-state index is 12.0. The van der Waals surface area contributed by atoms with Crippen LogP contribution in [0.4, 0.5) is 27.8 Å². The highest BCUT2D eigenvalue weighted by molar-refractivity contribution is 5.81. The van der Waals surface area contributed by atoms with Crippen molar-refractivity contribution in [2.75, 3.05) is 11.5 Å². The zero-order valence-electron chi connectivity index (χ0n) is 14.8. The maximum Gasteiger partial charge on any atom is 0.413 e. The fraction of sp³-hybridized carbons (Fsp3) is 0.235. The maximum absolute atomic E-state index is 12.0. The standard InChI is InChI=1S/C17H20N6O4/c1-9(2)14(16(24)25)21-17(26)27-12-6-4-3-5-10(12)22-23-11-7-8-13(18)20-15(11)19/h3-9,14H,1-2H3,(H,21,26)(H,24,25)(H4,18,19,20)/b23-22+/t14-/m1/s1. The highest BCUT2D eigenvalue weighted by atomic mass is 16.6. The number of para-hydroxylation sites is 1. The number of anilines is 2. The Morgan fingerprint density at radius 3 is 2.41 bits per heavy atom. The second-order valence-electron chi connectivity index (χ2n) is 5.90. The fourth-order valence-corrected chi connectivity index (χ4v) is 2.07. The molecule has 1 aromatic heterocycles. The summed E-state index contributed by atoms with van der Waals surface area (Å²) in [6, 6.07) is 8.39. The van der Waals surface area contributed by atoms with Crippen molar-refractivity contribution >= 4 is 35.1 Å². The molecular formula is C17H20N6O4. The number of nitrogens with two attached hydrogens (primary N) is 2. The van der Waals surface area contributed by atoms with Gasteiger partial charge in [0.1, 0.15) is 23.2 Å². The number of aromatic nitrogens is 1. The number of hydrogen-bond acceptors (Lipinski definition) is 8. The van der Waals surface area contributed by atoms with Crippen LogP contribution in [0.1, 0.15) is 13.8 Å². The van der Waals surface area contributed by atoms with Crippen molar-refractivity contribution in [2.24, 2.45) is 16.1 Å². The highest BCUT2D eigenvalue weighted by Crippen LogP contribution is 2.30. The minimum atomic E-state index is -1.15. The molecule has 1 amide bonds. The molecule has 0 saturated carbocycles. The van der Waals surface area contributed by atoms with Gasteiger partial charge in [-0.3, -0.25) is 0 Å². The summed E-state index contributed by atoms with van der Waals surface area (Å²) >= 11 is 0. The summed E-state index contributed by atoms with van der Waals surface area (Å²) in [4.78, 5) is 27.1. The first-order valence-corrected chi connectivity index (χ1v) is 8.02. The van der Waals surface area contributed by atoms with Gasteiger partial charge in [0.25, 0.3) is 0 Å². The molecule has 0 bridgehead atoms. The van der Waals surface area contributed by atoms with Crippen molar-refractivity contribution in [3.63, 3.8) is 0 Å². The quantitative estimate of drug-likeness (QED) is 0.566. The van der Waals surface area contributed by atoms with E-state index in [0.717, 1.165) is 0 Å². The molecule has 0 aliphatic heterocycles. The molecule has 0 unspecified atom stereocenters. The van der Waals surface area contributed by atoms with Crippen molar-refractivity contribution in [1.29, 1.82) is 0 Å². The number of nitrogens with one attached hydrogen (secondary N) is 1. The number of amides is 1. The zero-order chi connectivity index (χ0) is 20.0. The second kappa shape index (κ2) is 8.61. The summed E-state index contributed by atoms with van der Waals surface area (Å²) < 4.78 is 5.18. The number of azo groups is 1. The molecule has 2 rings (SSSR count). The van der Waals surface area contributed by atoms with E-state index in [4.69, 9.17) is 21.3 Å². The average molecular weight is 372 g/mol. The Kier molecular flexibility index (Phi) is 6.26. The van der Waals surface area contributed by atoms with Crippen molar-refractivity contribution in [3.8, 4) is 5.75 Å². The van der Waals surface area contributed by atoms with Crippen LogP contribution in [0.15, 0.2) is 46.6 Å². The third kappa shape index (κ3) is 5.39. The van der Waals surface area contributed by atoms with Gasteiger partial charge in [-0.15, -0.1) is 10.2 Å². The van der Waals surface area contributed by atoms with Gasteiger partial charge in [0.15, 0.2) is 11.6 Å². The Bertz CT molecular complexity index is 868. The van der Waals surface area contributed by atoms with Gasteiger partial charge in [-0.25, -0.2) is 14.6 Å². The molecule has 10 nitrogen and oxygen atoms in total. The number of pyridine rings is 1. The van der Waals surface area contributed by atoms with Gasteiger partial charge in [0.05, 0.1) is 0 Å². The Morgan fingerprint density at radius 1 is 1.11 bits per heavy atom. The fourth-order valence-electron chi connectivity index (χ4n) is 2.07. The lowest BCUT2D eigenvalue weighted by Gasteiger charge is -2.17. The lowest BCUT2D eigenvalue weighted by molar-refractivity contribution is -0.140. The summed E-state index contributed by atoms with van der Waals surface area (Å²) in [5.41, 5.74) is 11.8. The lowest BCUT2D eigenvalue weighted by atomic mass is 10.1. The summed E-state index contributed by atoms with van der Waals surface area (Å²) in [5.74, 6) is -0.998. The van der Waals surface area contributed by atoms with Gasteiger partial charge < -0.3 is 26.6 Å². The molecule has 0 aliphatic rings. The van der Waals surface area contributed by atoms with Gasteiger partial charge >= 0.3 is 12.1 Å². The van der Waals surface area contributed by atoms with E-state index in [-0.39, 0.29) is 29.0 Å². The molecule has 27 heavy (non-hydrogen) atoms. The van der Waals surface area contributed by atoms with Crippen LogP contribution in [-0.2, 0) is 4.79 Å². The number of aliphatic carboxylic acids is 1. The third-order valence-electron chi connectivity index (χ3n) is 3.46. The van der Waals surface area contributed by atoms with Crippen LogP contribution >= 0.6 is 0 Å². The van der Waals surface area contributed by atoms with E-state index in [1.807, 2.05) is 0 Å². The van der Waals surface area contributed by atoms with Gasteiger partial charge in [-0.2, -0.15) is 0 Å². The lowest BCUT2D eigenvalue weighted by Crippen LogP contribution is -2.45. The van der Waals surface area contributed by atoms with E-state index >= 15 is 0 Å². The molecule has 0 radical (unpaired) electrons. The Balaban J connectivity index is 2.16. The van der Waals surface area contributed by atoms with Gasteiger partial charge in [-0.05, 0) is 30.2 Å². The molecule has 10 heteroatoms. The number of carbonyl (C=O) groups excluding carboxylic acids is 1. The number of ether oxygens (including phenoxy) is 1. The minimum absolute atomic E-state index is 0.105. The van der Waals surface area contributed by atoms with E-state index in [1.165, 1.54) is 12.1 Å². The first kappa shape index (κ1) is 19.6. The van der Waals surface area contributed by atoms with Crippen LogP contribution in [0.5, 0.6) is 5.75 Å². The van der Waals surface area contributed by atoms with E-state index in [0.29, 0.717) is 5.69 Å². The molecule has 142 valence electrons. The van der Waals surface area contributed by atoms with E-state index < -0.39 is 18.1 Å². The third-order valence-corrected chi connectivity index (χ3v) is 3.46. The number of carbonyl (C=O) groups is 2. The predicted octanol–water partition coefficient (Wildman–Crippen LogP) is 2.86. The zero-order valence-corrected chi connectivity index (χ0v) is 14.8. The van der Waals surface area contributed by atoms with E-state index in [2.05, 4.69) is 20.5 Å². The van der Waals surface area contributed by atoms with E-state index in [1.54, 1.807) is 38.1 Å². The smallest absolute Gasteiger partial charge is 0.413 e. The Morgan fingerprint density at radius 2 is 1.78 bits per heavy atom. The van der Waals surface area contributed by atoms with E-state index in [9.17, 15) is 9.59 Å². The molecular weight excluding hydrogens is 352 g/mol. The molecule has 0 fully saturated rings. The van der Waals surface area contributed by atoms with Crippen LogP contribution in [0.25, 0.3) is 0 Å². The molecule has 0 spiro atoms. The second-order valence-corrected chi connectivity index (χ2v) is 5.90. The van der Waals surface area contributed by atoms with Gasteiger partial charge in [0.2, 0.25) is 0 Å². The van der Waals surface area contributed by atoms with Crippen LogP contribution in [-0.4, -0.2) is 28.2 Å². The van der Waals surface area contributed by atoms with Gasteiger partial charge in [-0.1, -0.05) is 26.0 Å². The van der Waals surface area contributed by atoms with Crippen LogP contribution in [0.3, 0.4) is 0 Å². The Labute approximate surface area is 155 Å². The SMILES string of the molecule is CC(C)[C@@H](NC(=O)Oc1ccccc1/N=N/c1ccc(N)nc1N)C(=O)O. The number of benzene rings is 1. The van der Waals surface area contributed by atoms with Crippen molar-refractivity contribution in [2.45, 2.75) is 19.9 Å². The molecule has 2 aromatic rings. The van der Waals surface area contributed by atoms with Crippen molar-refractivity contribution in [3.05, 3.63) is 36.4 Å². The number of rotatable bonds is 6. The average Bonchev–Trinajstić information content (AvgIpc) is 2.59. The molecule has 0 aliphatic carbocycles. The Hall–Kier alpha value is -3.69. The first-order chi connectivity index (χ1) is 12.8. The molecule has 1 heterocycles. The molecule has 1 aromatic carbocycles. The van der Waals surface area contributed by atoms with Crippen LogP contribution in [0, 0.1) is 5.92 Å². The molecule has 0 saturated heterocycles. The van der Waals surface area contributed by atoms with Crippen molar-refractivity contribution in [1.82, 2.24) is 10.3 Å². The summed E-state index contributed by atoms with van der Waals surface area (Å²) in [6.07, 6.45) is -0.910.